The molecule has 0 aromatic carbocycles. The van der Waals surface area contributed by atoms with Gasteiger partial charge in [0.2, 0.25) is 0 Å². The number of aryl methyl sites for hydroxylation is 1. The fourth-order valence-corrected chi connectivity index (χ4v) is 2.30. The second-order valence-corrected chi connectivity index (χ2v) is 4.49. The Balaban J connectivity index is 2.02. The molecule has 0 saturated carbocycles. The van der Waals surface area contributed by atoms with Crippen LogP contribution < -0.4 is 0 Å². The summed E-state index contributed by atoms with van der Waals surface area (Å²) >= 11 is 1.68. The van der Waals surface area contributed by atoms with Crippen LogP contribution in [0, 0.1) is 0 Å². The molecule has 0 aliphatic heterocycles. The van der Waals surface area contributed by atoms with Crippen molar-refractivity contribution in [3.05, 3.63) is 28.0 Å². The number of rotatable bonds is 5. The van der Waals surface area contributed by atoms with Crippen molar-refractivity contribution in [2.24, 2.45) is 0 Å². The molecule has 16 heavy (non-hydrogen) atoms. The maximum atomic E-state index is 8.86. The van der Waals surface area contributed by atoms with Gasteiger partial charge in [-0.05, 0) is 12.8 Å². The van der Waals surface area contributed by atoms with E-state index in [1.165, 1.54) is 5.01 Å². The lowest BCUT2D eigenvalue weighted by Crippen LogP contribution is -2.01. The third kappa shape index (κ3) is 2.65. The largest absolute Gasteiger partial charge is 0.390 e. The molecule has 1 N–H and O–H groups in total. The molecular weight excluding hydrogens is 224 g/mol. The minimum atomic E-state index is -0.0713. The van der Waals surface area contributed by atoms with Gasteiger partial charge in [-0.1, -0.05) is 12.1 Å². The van der Waals surface area contributed by atoms with Crippen molar-refractivity contribution in [2.75, 3.05) is 0 Å². The van der Waals surface area contributed by atoms with Crippen LogP contribution in [0.15, 0.2) is 11.6 Å². The normalized spacial score (nSPS) is 10.9. The summed E-state index contributed by atoms with van der Waals surface area (Å²) in [6.45, 7) is 2.69. The van der Waals surface area contributed by atoms with Crippen LogP contribution in [0.25, 0.3) is 0 Å². The van der Waals surface area contributed by atoms with Crippen LogP contribution in [0.4, 0.5) is 0 Å². The van der Waals surface area contributed by atoms with Gasteiger partial charge in [0.15, 0.2) is 0 Å². The van der Waals surface area contributed by atoms with Crippen molar-refractivity contribution < 1.29 is 5.11 Å². The number of aliphatic hydroxyl groups excluding tert-OH is 1. The lowest BCUT2D eigenvalue weighted by atomic mass is 10.3. The van der Waals surface area contributed by atoms with E-state index in [1.54, 1.807) is 22.2 Å². The summed E-state index contributed by atoms with van der Waals surface area (Å²) < 4.78 is 1.69. The Bertz CT molecular complexity index is 451. The van der Waals surface area contributed by atoms with E-state index in [9.17, 15) is 0 Å². The predicted octanol–water partition coefficient (Wildman–Crippen LogP) is 1.23. The summed E-state index contributed by atoms with van der Waals surface area (Å²) in [7, 11) is 0. The number of hydrogen-bond donors (Lipinski definition) is 1. The molecule has 6 heteroatoms. The fraction of sp³-hybridized carbons (Fsp3) is 0.500. The van der Waals surface area contributed by atoms with E-state index in [0.29, 0.717) is 12.2 Å². The minimum Gasteiger partial charge on any atom is -0.390 e. The molecule has 0 aliphatic carbocycles. The first kappa shape index (κ1) is 11.2. The second-order valence-electron chi connectivity index (χ2n) is 3.55. The Morgan fingerprint density at radius 3 is 3.00 bits per heavy atom. The van der Waals surface area contributed by atoms with Gasteiger partial charge in [0.25, 0.3) is 0 Å². The number of hydrogen-bond acceptors (Lipinski definition) is 5. The number of thiazole rings is 1. The SMILES string of the molecule is CCCc1nc(Cn2cc(CO)nn2)cs1. The Hall–Kier alpha value is -1.27. The topological polar surface area (TPSA) is 63.8 Å². The zero-order chi connectivity index (χ0) is 11.4. The first-order valence-corrected chi connectivity index (χ1v) is 6.13. The first-order chi connectivity index (χ1) is 7.81. The third-order valence-corrected chi connectivity index (χ3v) is 3.09. The Labute approximate surface area is 97.8 Å². The predicted molar refractivity (Wildman–Crippen MR) is 61.2 cm³/mol. The van der Waals surface area contributed by atoms with Gasteiger partial charge >= 0.3 is 0 Å². The highest BCUT2D eigenvalue weighted by Crippen LogP contribution is 2.12. The molecule has 0 amide bonds. The lowest BCUT2D eigenvalue weighted by Gasteiger charge is -1.95. The Kier molecular flexibility index (Phi) is 3.63. The van der Waals surface area contributed by atoms with Gasteiger partial charge in [-0.25, -0.2) is 9.67 Å². The molecule has 0 unspecified atom stereocenters. The molecule has 86 valence electrons. The maximum Gasteiger partial charge on any atom is 0.108 e. The van der Waals surface area contributed by atoms with E-state index in [2.05, 4.69) is 22.2 Å². The molecular formula is C10H14N4OS. The molecule has 2 aromatic rings. The van der Waals surface area contributed by atoms with Crippen molar-refractivity contribution >= 4 is 11.3 Å². The standard InChI is InChI=1S/C10H14N4OS/c1-2-3-10-11-9(7-16-10)5-14-4-8(6-15)12-13-14/h4,7,15H,2-3,5-6H2,1H3. The van der Waals surface area contributed by atoms with Crippen molar-refractivity contribution in [3.8, 4) is 0 Å². The number of aliphatic hydroxyl groups is 1. The molecule has 0 spiro atoms. The van der Waals surface area contributed by atoms with E-state index in [4.69, 9.17) is 5.11 Å². The number of nitrogens with zero attached hydrogens (tertiary/aromatic N) is 4. The highest BCUT2D eigenvalue weighted by molar-refractivity contribution is 7.09. The van der Waals surface area contributed by atoms with E-state index in [0.717, 1.165) is 18.5 Å². The highest BCUT2D eigenvalue weighted by Gasteiger charge is 2.04. The van der Waals surface area contributed by atoms with Gasteiger partial charge in [-0.15, -0.1) is 16.4 Å². The monoisotopic (exact) mass is 238 g/mol. The minimum absolute atomic E-state index is 0.0713. The molecule has 0 aliphatic rings. The van der Waals surface area contributed by atoms with E-state index in [-0.39, 0.29) is 6.61 Å². The smallest absolute Gasteiger partial charge is 0.108 e. The Morgan fingerprint density at radius 2 is 2.31 bits per heavy atom. The number of aromatic nitrogens is 4. The Morgan fingerprint density at radius 1 is 1.44 bits per heavy atom. The van der Waals surface area contributed by atoms with Crippen LogP contribution in [-0.2, 0) is 19.6 Å². The van der Waals surface area contributed by atoms with Crippen molar-refractivity contribution in [2.45, 2.75) is 32.9 Å². The van der Waals surface area contributed by atoms with Crippen LogP contribution in [0.3, 0.4) is 0 Å². The second kappa shape index (κ2) is 5.18. The highest BCUT2D eigenvalue weighted by atomic mass is 32.1. The molecule has 5 nitrogen and oxygen atoms in total. The van der Waals surface area contributed by atoms with Crippen molar-refractivity contribution in [1.29, 1.82) is 0 Å². The van der Waals surface area contributed by atoms with Gasteiger partial charge in [0.1, 0.15) is 5.69 Å². The third-order valence-electron chi connectivity index (χ3n) is 2.14. The summed E-state index contributed by atoms with van der Waals surface area (Å²) in [5.41, 5.74) is 1.59. The first-order valence-electron chi connectivity index (χ1n) is 5.25. The molecule has 0 atom stereocenters. The lowest BCUT2D eigenvalue weighted by molar-refractivity contribution is 0.276. The van der Waals surface area contributed by atoms with Crippen molar-refractivity contribution in [1.82, 2.24) is 20.0 Å². The van der Waals surface area contributed by atoms with Crippen LogP contribution in [-0.4, -0.2) is 25.1 Å². The van der Waals surface area contributed by atoms with Gasteiger partial charge < -0.3 is 5.11 Å². The zero-order valence-electron chi connectivity index (χ0n) is 9.13. The van der Waals surface area contributed by atoms with E-state index in [1.807, 2.05) is 5.38 Å². The summed E-state index contributed by atoms with van der Waals surface area (Å²) in [5, 5.41) is 19.8. The van der Waals surface area contributed by atoms with Gasteiger partial charge in [-0.3, -0.25) is 0 Å². The van der Waals surface area contributed by atoms with Crippen LogP contribution in [0.5, 0.6) is 0 Å². The van der Waals surface area contributed by atoms with Crippen molar-refractivity contribution in [3.63, 3.8) is 0 Å². The summed E-state index contributed by atoms with van der Waals surface area (Å²) in [6, 6.07) is 0. The maximum absolute atomic E-state index is 8.86. The van der Waals surface area contributed by atoms with Gasteiger partial charge in [0.05, 0.1) is 30.1 Å². The fourth-order valence-electron chi connectivity index (χ4n) is 1.40. The average molecular weight is 238 g/mol. The van der Waals surface area contributed by atoms with Crippen LogP contribution >= 0.6 is 11.3 Å². The average Bonchev–Trinajstić information content (AvgIpc) is 2.89. The summed E-state index contributed by atoms with van der Waals surface area (Å²) in [6.07, 6.45) is 3.88. The van der Waals surface area contributed by atoms with E-state index < -0.39 is 0 Å². The zero-order valence-corrected chi connectivity index (χ0v) is 9.94. The molecule has 0 fully saturated rings. The summed E-state index contributed by atoms with van der Waals surface area (Å²) in [5.74, 6) is 0. The summed E-state index contributed by atoms with van der Waals surface area (Å²) in [4.78, 5) is 4.50. The quantitative estimate of drug-likeness (QED) is 0.851. The molecule has 0 bridgehead atoms. The van der Waals surface area contributed by atoms with E-state index >= 15 is 0 Å². The molecule has 0 radical (unpaired) electrons. The molecule has 2 heterocycles. The van der Waals surface area contributed by atoms with Crippen LogP contribution in [0.1, 0.15) is 29.7 Å². The van der Waals surface area contributed by atoms with Gasteiger partial charge in [0, 0.05) is 5.38 Å². The molecule has 2 rings (SSSR count). The molecule has 0 saturated heterocycles. The molecule has 2 aromatic heterocycles. The van der Waals surface area contributed by atoms with Gasteiger partial charge in [-0.2, -0.15) is 0 Å². The van der Waals surface area contributed by atoms with Crippen LogP contribution in [0.2, 0.25) is 0 Å².